The monoisotopic (exact) mass is 299 g/mol. The van der Waals surface area contributed by atoms with Gasteiger partial charge in [0.1, 0.15) is 11.6 Å². The van der Waals surface area contributed by atoms with Crippen LogP contribution in [0.1, 0.15) is 23.3 Å². The maximum Gasteiger partial charge on any atom is 0.354 e. The van der Waals surface area contributed by atoms with E-state index in [4.69, 9.17) is 4.74 Å². The largest absolute Gasteiger partial charge is 0.497 e. The second kappa shape index (κ2) is 6.01. The van der Waals surface area contributed by atoms with Crippen LogP contribution in [0.5, 0.6) is 5.75 Å². The molecular weight excluding hydrogens is 282 g/mol. The molecule has 114 valence electrons. The van der Waals surface area contributed by atoms with E-state index in [1.807, 2.05) is 18.2 Å². The van der Waals surface area contributed by atoms with Crippen LogP contribution in [0.25, 0.3) is 11.4 Å². The van der Waals surface area contributed by atoms with Crippen LogP contribution >= 0.6 is 0 Å². The molecule has 0 atom stereocenters. The van der Waals surface area contributed by atoms with Crippen molar-refractivity contribution >= 4 is 11.8 Å². The summed E-state index contributed by atoms with van der Waals surface area (Å²) in [6, 6.07) is 8.84. The summed E-state index contributed by atoms with van der Waals surface area (Å²) >= 11 is 0. The van der Waals surface area contributed by atoms with Crippen LogP contribution in [0.4, 0.5) is 5.82 Å². The molecule has 6 heteroatoms. The Hall–Kier alpha value is -2.63. The summed E-state index contributed by atoms with van der Waals surface area (Å²) in [6.07, 6.45) is 2.20. The highest BCUT2D eigenvalue weighted by Gasteiger charge is 2.18. The van der Waals surface area contributed by atoms with Gasteiger partial charge in [-0.1, -0.05) is 12.1 Å². The Morgan fingerprint density at radius 1 is 1.23 bits per heavy atom. The van der Waals surface area contributed by atoms with Gasteiger partial charge in [0.25, 0.3) is 0 Å². The third-order valence-corrected chi connectivity index (χ3v) is 3.69. The first kappa shape index (κ1) is 14.3. The van der Waals surface area contributed by atoms with Gasteiger partial charge in [-0.3, -0.25) is 0 Å². The van der Waals surface area contributed by atoms with Gasteiger partial charge in [0.15, 0.2) is 11.5 Å². The molecule has 0 aliphatic carbocycles. The molecule has 6 nitrogen and oxygen atoms in total. The van der Waals surface area contributed by atoms with Crippen LogP contribution in [0.3, 0.4) is 0 Å². The van der Waals surface area contributed by atoms with E-state index in [-0.39, 0.29) is 5.69 Å². The number of ether oxygens (including phenoxy) is 1. The zero-order valence-electron chi connectivity index (χ0n) is 12.3. The standard InChI is InChI=1S/C16H17N3O3/c1-22-12-6-4-5-11(9-12)15-17-13(16(20)21)10-14(18-15)19-7-2-3-8-19/h4-6,9-10H,2-3,7-8H2,1H3,(H,20,21). The zero-order chi connectivity index (χ0) is 15.5. The maximum absolute atomic E-state index is 11.3. The summed E-state index contributed by atoms with van der Waals surface area (Å²) in [5.41, 5.74) is 0.748. The van der Waals surface area contributed by atoms with Crippen molar-refractivity contribution in [1.82, 2.24) is 9.97 Å². The Morgan fingerprint density at radius 3 is 2.68 bits per heavy atom. The molecule has 1 fully saturated rings. The van der Waals surface area contributed by atoms with E-state index >= 15 is 0 Å². The summed E-state index contributed by atoms with van der Waals surface area (Å²) in [7, 11) is 1.59. The second-order valence-electron chi connectivity index (χ2n) is 5.17. The summed E-state index contributed by atoms with van der Waals surface area (Å²) < 4.78 is 5.20. The highest BCUT2D eigenvalue weighted by atomic mass is 16.5. The Bertz CT molecular complexity index is 697. The third kappa shape index (κ3) is 2.86. The van der Waals surface area contributed by atoms with E-state index < -0.39 is 5.97 Å². The summed E-state index contributed by atoms with van der Waals surface area (Å²) in [5.74, 6) is 0.708. The zero-order valence-corrected chi connectivity index (χ0v) is 12.3. The number of anilines is 1. The number of hydrogen-bond acceptors (Lipinski definition) is 5. The van der Waals surface area contributed by atoms with E-state index in [0.717, 1.165) is 31.5 Å². The smallest absolute Gasteiger partial charge is 0.354 e. The third-order valence-electron chi connectivity index (χ3n) is 3.69. The van der Waals surface area contributed by atoms with Gasteiger partial charge in [0, 0.05) is 24.7 Å². The van der Waals surface area contributed by atoms with Crippen molar-refractivity contribution in [2.24, 2.45) is 0 Å². The van der Waals surface area contributed by atoms with Crippen LogP contribution in [-0.4, -0.2) is 41.2 Å². The van der Waals surface area contributed by atoms with Crippen LogP contribution < -0.4 is 9.64 Å². The number of carboxylic acids is 1. The first-order valence-electron chi connectivity index (χ1n) is 7.19. The Labute approximate surface area is 128 Å². The normalized spacial score (nSPS) is 14.1. The van der Waals surface area contributed by atoms with Gasteiger partial charge < -0.3 is 14.7 Å². The molecule has 1 aliphatic heterocycles. The quantitative estimate of drug-likeness (QED) is 0.934. The highest BCUT2D eigenvalue weighted by Crippen LogP contribution is 2.25. The fourth-order valence-electron chi connectivity index (χ4n) is 2.54. The number of rotatable bonds is 4. The Morgan fingerprint density at radius 2 is 2.00 bits per heavy atom. The fraction of sp³-hybridized carbons (Fsp3) is 0.312. The second-order valence-corrected chi connectivity index (χ2v) is 5.17. The van der Waals surface area contributed by atoms with Crippen LogP contribution in [0.15, 0.2) is 30.3 Å². The van der Waals surface area contributed by atoms with Crippen LogP contribution in [0.2, 0.25) is 0 Å². The highest BCUT2D eigenvalue weighted by molar-refractivity contribution is 5.87. The van der Waals surface area contributed by atoms with Crippen molar-refractivity contribution in [3.8, 4) is 17.1 Å². The predicted molar refractivity (Wildman–Crippen MR) is 82.4 cm³/mol. The van der Waals surface area contributed by atoms with Crippen molar-refractivity contribution in [3.05, 3.63) is 36.0 Å². The molecule has 22 heavy (non-hydrogen) atoms. The van der Waals surface area contributed by atoms with E-state index in [9.17, 15) is 9.90 Å². The number of carboxylic acid groups (broad SMARTS) is 1. The molecule has 0 radical (unpaired) electrons. The minimum atomic E-state index is -1.05. The van der Waals surface area contributed by atoms with Gasteiger partial charge in [0.2, 0.25) is 0 Å². The number of carbonyl (C=O) groups is 1. The Kier molecular flexibility index (Phi) is 3.91. The first-order valence-corrected chi connectivity index (χ1v) is 7.19. The first-order chi connectivity index (χ1) is 10.7. The topological polar surface area (TPSA) is 75.6 Å². The lowest BCUT2D eigenvalue weighted by Crippen LogP contribution is -2.20. The lowest BCUT2D eigenvalue weighted by atomic mass is 10.2. The van der Waals surface area contributed by atoms with Crippen LogP contribution in [-0.2, 0) is 0 Å². The molecule has 0 bridgehead atoms. The molecule has 2 heterocycles. The van der Waals surface area contributed by atoms with Crippen molar-refractivity contribution in [3.63, 3.8) is 0 Å². The van der Waals surface area contributed by atoms with E-state index in [2.05, 4.69) is 14.9 Å². The van der Waals surface area contributed by atoms with Crippen LogP contribution in [0, 0.1) is 0 Å². The molecule has 0 spiro atoms. The summed E-state index contributed by atoms with van der Waals surface area (Å²) in [6.45, 7) is 1.79. The molecule has 2 aromatic rings. The van der Waals surface area contributed by atoms with E-state index in [1.165, 1.54) is 6.07 Å². The summed E-state index contributed by atoms with van der Waals surface area (Å²) in [5, 5.41) is 9.29. The van der Waals surface area contributed by atoms with E-state index in [0.29, 0.717) is 17.4 Å². The lowest BCUT2D eigenvalue weighted by Gasteiger charge is -2.17. The number of benzene rings is 1. The van der Waals surface area contributed by atoms with Gasteiger partial charge in [-0.05, 0) is 25.0 Å². The molecule has 0 saturated carbocycles. The molecule has 1 aromatic carbocycles. The van der Waals surface area contributed by atoms with Crippen molar-refractivity contribution < 1.29 is 14.6 Å². The van der Waals surface area contributed by atoms with Gasteiger partial charge in [-0.2, -0.15) is 0 Å². The average molecular weight is 299 g/mol. The molecule has 1 aromatic heterocycles. The fourth-order valence-corrected chi connectivity index (χ4v) is 2.54. The molecule has 1 N–H and O–H groups in total. The minimum Gasteiger partial charge on any atom is -0.497 e. The molecular formula is C16H17N3O3. The predicted octanol–water partition coefficient (Wildman–Crippen LogP) is 2.45. The maximum atomic E-state index is 11.3. The van der Waals surface area contributed by atoms with Crippen molar-refractivity contribution in [1.29, 1.82) is 0 Å². The molecule has 1 aliphatic rings. The average Bonchev–Trinajstić information content (AvgIpc) is 3.09. The SMILES string of the molecule is COc1cccc(-c2nc(C(=O)O)cc(N3CCCC3)n2)c1. The number of hydrogen-bond donors (Lipinski definition) is 1. The number of nitrogens with zero attached hydrogens (tertiary/aromatic N) is 3. The van der Waals surface area contributed by atoms with E-state index in [1.54, 1.807) is 13.2 Å². The molecule has 1 saturated heterocycles. The Balaban J connectivity index is 2.07. The number of aromatic carboxylic acids is 1. The van der Waals surface area contributed by atoms with Gasteiger partial charge in [-0.25, -0.2) is 14.8 Å². The van der Waals surface area contributed by atoms with Gasteiger partial charge in [0.05, 0.1) is 7.11 Å². The molecule has 0 unspecified atom stereocenters. The number of aromatic nitrogens is 2. The summed E-state index contributed by atoms with van der Waals surface area (Å²) in [4.78, 5) is 22.1. The van der Waals surface area contributed by atoms with Gasteiger partial charge >= 0.3 is 5.97 Å². The number of methoxy groups -OCH3 is 1. The molecule has 3 rings (SSSR count). The minimum absolute atomic E-state index is 0.00900. The van der Waals surface area contributed by atoms with Gasteiger partial charge in [-0.15, -0.1) is 0 Å². The van der Waals surface area contributed by atoms with Crippen molar-refractivity contribution in [2.45, 2.75) is 12.8 Å². The lowest BCUT2D eigenvalue weighted by molar-refractivity contribution is 0.0690. The molecule has 0 amide bonds. The van der Waals surface area contributed by atoms with Crippen molar-refractivity contribution in [2.75, 3.05) is 25.1 Å².